The van der Waals surface area contributed by atoms with Crippen molar-refractivity contribution in [1.82, 2.24) is 4.90 Å². The SMILES string of the molecule is CCCCCCCCOc1ccc(NC(=O)N(C(=O)O)C(C)CO)cc1Cl. The minimum atomic E-state index is -1.45. The molecule has 0 aromatic heterocycles. The number of urea groups is 1. The summed E-state index contributed by atoms with van der Waals surface area (Å²) in [4.78, 5) is 23.8. The summed E-state index contributed by atoms with van der Waals surface area (Å²) in [5.74, 6) is 0.516. The largest absolute Gasteiger partial charge is 0.492 e. The smallest absolute Gasteiger partial charge is 0.415 e. The Morgan fingerprint density at radius 3 is 2.48 bits per heavy atom. The highest BCUT2D eigenvalue weighted by Crippen LogP contribution is 2.28. The van der Waals surface area contributed by atoms with Crippen molar-refractivity contribution in [3.8, 4) is 5.75 Å². The van der Waals surface area contributed by atoms with Crippen LogP contribution in [0.15, 0.2) is 18.2 Å². The summed E-state index contributed by atoms with van der Waals surface area (Å²) in [5.41, 5.74) is 0.341. The van der Waals surface area contributed by atoms with Gasteiger partial charge in [0.15, 0.2) is 0 Å². The lowest BCUT2D eigenvalue weighted by atomic mass is 10.1. The number of imide groups is 1. The number of carbonyl (C=O) groups is 2. The molecule has 1 unspecified atom stereocenters. The zero-order valence-electron chi connectivity index (χ0n) is 15.9. The first-order chi connectivity index (χ1) is 12.9. The second-order valence-corrected chi connectivity index (χ2v) is 6.78. The summed E-state index contributed by atoms with van der Waals surface area (Å²) >= 11 is 6.18. The quantitative estimate of drug-likeness (QED) is 0.455. The number of ether oxygens (including phenoxy) is 1. The van der Waals surface area contributed by atoms with Gasteiger partial charge in [0.1, 0.15) is 5.75 Å². The predicted octanol–water partition coefficient (Wildman–Crippen LogP) is 4.97. The van der Waals surface area contributed by atoms with Crippen molar-refractivity contribution in [2.24, 2.45) is 0 Å². The molecule has 0 radical (unpaired) electrons. The van der Waals surface area contributed by atoms with E-state index >= 15 is 0 Å². The lowest BCUT2D eigenvalue weighted by molar-refractivity contribution is 0.120. The summed E-state index contributed by atoms with van der Waals surface area (Å²) < 4.78 is 5.66. The number of carboxylic acid groups (broad SMARTS) is 1. The van der Waals surface area contributed by atoms with Crippen molar-refractivity contribution in [1.29, 1.82) is 0 Å². The third-order valence-corrected chi connectivity index (χ3v) is 4.36. The van der Waals surface area contributed by atoms with E-state index in [1.54, 1.807) is 12.1 Å². The molecule has 8 heteroatoms. The van der Waals surface area contributed by atoms with Crippen LogP contribution in [0.4, 0.5) is 15.3 Å². The lowest BCUT2D eigenvalue weighted by Gasteiger charge is -2.23. The van der Waals surface area contributed by atoms with Crippen LogP contribution >= 0.6 is 11.6 Å². The number of benzene rings is 1. The third-order valence-electron chi connectivity index (χ3n) is 4.07. The molecule has 1 rings (SSSR count). The summed E-state index contributed by atoms with van der Waals surface area (Å²) in [7, 11) is 0. The average molecular weight is 401 g/mol. The molecule has 1 aromatic rings. The standard InChI is InChI=1S/C19H29ClN2O5/c1-3-4-5-6-7-8-11-27-17-10-9-15(12-16(17)20)21-18(24)22(19(25)26)14(2)13-23/h9-10,12,14,23H,3-8,11,13H2,1-2H3,(H,21,24)(H,25,26). The molecule has 0 aliphatic rings. The molecule has 0 aliphatic carbocycles. The maximum atomic E-state index is 12.1. The normalized spacial score (nSPS) is 11.7. The van der Waals surface area contributed by atoms with Gasteiger partial charge in [0, 0.05) is 5.69 Å². The topological polar surface area (TPSA) is 99.1 Å². The molecule has 0 saturated heterocycles. The summed E-state index contributed by atoms with van der Waals surface area (Å²) in [5, 5.41) is 21.0. The van der Waals surface area contributed by atoms with Crippen LogP contribution in [-0.4, -0.2) is 46.5 Å². The highest BCUT2D eigenvalue weighted by Gasteiger charge is 2.26. The van der Waals surface area contributed by atoms with Gasteiger partial charge < -0.3 is 20.3 Å². The Morgan fingerprint density at radius 1 is 1.22 bits per heavy atom. The maximum absolute atomic E-state index is 12.1. The van der Waals surface area contributed by atoms with E-state index in [-0.39, 0.29) is 0 Å². The molecular formula is C19H29ClN2O5. The maximum Gasteiger partial charge on any atom is 0.415 e. The number of halogens is 1. The van der Waals surface area contributed by atoms with Gasteiger partial charge in [-0.15, -0.1) is 0 Å². The number of carbonyl (C=O) groups excluding carboxylic acids is 1. The Morgan fingerprint density at radius 2 is 1.89 bits per heavy atom. The van der Waals surface area contributed by atoms with E-state index in [1.807, 2.05) is 0 Å². The molecule has 0 spiro atoms. The molecule has 0 heterocycles. The Hall–Kier alpha value is -1.99. The molecule has 1 atom stereocenters. The molecule has 1 aromatic carbocycles. The Bertz CT molecular complexity index is 612. The molecule has 3 N–H and O–H groups in total. The number of aliphatic hydroxyl groups is 1. The number of aliphatic hydroxyl groups excluding tert-OH is 1. The van der Waals surface area contributed by atoms with Gasteiger partial charge in [-0.2, -0.15) is 0 Å². The first-order valence-electron chi connectivity index (χ1n) is 9.27. The Kier molecular flexibility index (Phi) is 10.6. The van der Waals surface area contributed by atoms with Crippen LogP contribution in [0.5, 0.6) is 5.75 Å². The first-order valence-corrected chi connectivity index (χ1v) is 9.64. The molecular weight excluding hydrogens is 372 g/mol. The summed E-state index contributed by atoms with van der Waals surface area (Å²) in [6.45, 7) is 3.72. The van der Waals surface area contributed by atoms with Gasteiger partial charge in [-0.05, 0) is 31.5 Å². The molecule has 27 heavy (non-hydrogen) atoms. The van der Waals surface area contributed by atoms with Crippen LogP contribution in [0.3, 0.4) is 0 Å². The molecule has 0 fully saturated rings. The van der Waals surface area contributed by atoms with Gasteiger partial charge in [0.05, 0.1) is 24.3 Å². The number of nitrogens with one attached hydrogen (secondary N) is 1. The van der Waals surface area contributed by atoms with Gasteiger partial charge in [-0.1, -0.05) is 50.6 Å². The van der Waals surface area contributed by atoms with Crippen molar-refractivity contribution in [2.45, 2.75) is 58.4 Å². The number of rotatable bonds is 11. The van der Waals surface area contributed by atoms with Gasteiger partial charge in [0.2, 0.25) is 0 Å². The fraction of sp³-hybridized carbons (Fsp3) is 0.579. The highest BCUT2D eigenvalue weighted by atomic mass is 35.5. The van der Waals surface area contributed by atoms with Crippen LogP contribution < -0.4 is 10.1 Å². The molecule has 7 nitrogen and oxygen atoms in total. The fourth-order valence-electron chi connectivity index (χ4n) is 2.50. The number of unbranched alkanes of at least 4 members (excludes halogenated alkanes) is 5. The highest BCUT2D eigenvalue weighted by molar-refractivity contribution is 6.32. The third kappa shape index (κ3) is 8.05. The first kappa shape index (κ1) is 23.0. The second-order valence-electron chi connectivity index (χ2n) is 6.38. The molecule has 0 bridgehead atoms. The molecule has 3 amide bonds. The van der Waals surface area contributed by atoms with Crippen LogP contribution in [-0.2, 0) is 0 Å². The monoisotopic (exact) mass is 400 g/mol. The van der Waals surface area contributed by atoms with Crippen LogP contribution in [0, 0.1) is 0 Å². The zero-order chi connectivity index (χ0) is 20.2. The minimum Gasteiger partial charge on any atom is -0.492 e. The molecule has 0 aliphatic heterocycles. The van der Waals surface area contributed by atoms with Gasteiger partial charge in [0.25, 0.3) is 0 Å². The summed E-state index contributed by atoms with van der Waals surface area (Å²) in [6.07, 6.45) is 5.54. The molecule has 0 saturated carbocycles. The van der Waals surface area contributed by atoms with Crippen molar-refractivity contribution < 1.29 is 24.5 Å². The van der Waals surface area contributed by atoms with E-state index < -0.39 is 24.8 Å². The van der Waals surface area contributed by atoms with Gasteiger partial charge >= 0.3 is 12.1 Å². The van der Waals surface area contributed by atoms with Crippen molar-refractivity contribution in [2.75, 3.05) is 18.5 Å². The van der Waals surface area contributed by atoms with E-state index in [4.69, 9.17) is 26.6 Å². The van der Waals surface area contributed by atoms with Crippen molar-refractivity contribution in [3.05, 3.63) is 23.2 Å². The van der Waals surface area contributed by atoms with Crippen molar-refractivity contribution >= 4 is 29.4 Å². The lowest BCUT2D eigenvalue weighted by Crippen LogP contribution is -2.46. The zero-order valence-corrected chi connectivity index (χ0v) is 16.7. The molecule has 152 valence electrons. The van der Waals surface area contributed by atoms with Crippen LogP contribution in [0.2, 0.25) is 5.02 Å². The number of anilines is 1. The van der Waals surface area contributed by atoms with E-state index in [2.05, 4.69) is 12.2 Å². The van der Waals surface area contributed by atoms with Crippen LogP contribution in [0.25, 0.3) is 0 Å². The number of hydrogen-bond acceptors (Lipinski definition) is 4. The number of nitrogens with zero attached hydrogens (tertiary/aromatic N) is 1. The van der Waals surface area contributed by atoms with E-state index in [0.29, 0.717) is 28.0 Å². The predicted molar refractivity (Wildman–Crippen MR) is 106 cm³/mol. The van der Waals surface area contributed by atoms with Gasteiger partial charge in [-0.25, -0.2) is 14.5 Å². The Balaban J connectivity index is 2.54. The van der Waals surface area contributed by atoms with E-state index in [9.17, 15) is 9.59 Å². The average Bonchev–Trinajstić information content (AvgIpc) is 2.62. The Labute approximate surface area is 165 Å². The minimum absolute atomic E-state index is 0.330. The van der Waals surface area contributed by atoms with Crippen molar-refractivity contribution in [3.63, 3.8) is 0 Å². The van der Waals surface area contributed by atoms with Crippen LogP contribution in [0.1, 0.15) is 52.4 Å². The van der Waals surface area contributed by atoms with E-state index in [1.165, 1.54) is 38.7 Å². The summed E-state index contributed by atoms with van der Waals surface area (Å²) in [6, 6.07) is 3.00. The number of hydrogen-bond donors (Lipinski definition) is 3. The fourth-order valence-corrected chi connectivity index (χ4v) is 2.74. The second kappa shape index (κ2) is 12.4. The van der Waals surface area contributed by atoms with E-state index in [0.717, 1.165) is 12.8 Å². The van der Waals surface area contributed by atoms with Gasteiger partial charge in [-0.3, -0.25) is 0 Å². The number of amides is 3.